The molecule has 42 heavy (non-hydrogen) atoms. The highest BCUT2D eigenvalue weighted by molar-refractivity contribution is 5.89. The van der Waals surface area contributed by atoms with Gasteiger partial charge in [-0.05, 0) is 126 Å². The first-order valence-electron chi connectivity index (χ1n) is 14.9. The van der Waals surface area contributed by atoms with E-state index in [0.29, 0.717) is 5.92 Å². The molecule has 0 bridgehead atoms. The molecule has 0 radical (unpaired) electrons. The first-order valence-corrected chi connectivity index (χ1v) is 14.9. The number of benzene rings is 6. The minimum Gasteiger partial charge on any atom is -0.310 e. The summed E-state index contributed by atoms with van der Waals surface area (Å²) in [6, 6.07) is 50.8. The number of aryl methyl sites for hydroxylation is 2. The maximum absolute atomic E-state index is 2.36. The topological polar surface area (TPSA) is 6.48 Å². The normalized spacial score (nSPS) is 11.8. The predicted molar refractivity (Wildman–Crippen MR) is 181 cm³/mol. The number of anilines is 6. The highest BCUT2D eigenvalue weighted by atomic mass is 15.2. The molecule has 0 aliphatic carbocycles. The summed E-state index contributed by atoms with van der Waals surface area (Å²) >= 11 is 0. The number of hydrogen-bond acceptors (Lipinski definition) is 2. The number of fused-ring (bicyclic) bond motifs is 1. The minimum absolute atomic E-state index is 0.543. The molecule has 208 valence electrons. The van der Waals surface area contributed by atoms with Gasteiger partial charge in [-0.25, -0.2) is 0 Å². The van der Waals surface area contributed by atoms with Crippen LogP contribution in [0.3, 0.4) is 0 Å². The zero-order valence-electron chi connectivity index (χ0n) is 25.0. The fourth-order valence-electron chi connectivity index (χ4n) is 5.68. The number of nitrogens with zero attached hydrogens (tertiary/aromatic N) is 2. The lowest BCUT2D eigenvalue weighted by Crippen LogP contribution is -2.12. The largest absolute Gasteiger partial charge is 0.310 e. The second-order valence-corrected chi connectivity index (χ2v) is 11.3. The highest BCUT2D eigenvalue weighted by Crippen LogP contribution is 2.40. The van der Waals surface area contributed by atoms with Gasteiger partial charge < -0.3 is 9.80 Å². The van der Waals surface area contributed by atoms with Crippen LogP contribution < -0.4 is 9.80 Å². The van der Waals surface area contributed by atoms with Crippen molar-refractivity contribution in [1.29, 1.82) is 0 Å². The lowest BCUT2D eigenvalue weighted by molar-refractivity contribution is 0.733. The Bertz CT molecular complexity index is 1760. The van der Waals surface area contributed by atoms with Crippen molar-refractivity contribution in [1.82, 2.24) is 0 Å². The molecule has 1 atom stereocenters. The Balaban J connectivity index is 1.45. The molecule has 0 aliphatic heterocycles. The Morgan fingerprint density at radius 2 is 0.905 bits per heavy atom. The molecule has 0 amide bonds. The van der Waals surface area contributed by atoms with E-state index in [1.807, 2.05) is 0 Å². The van der Waals surface area contributed by atoms with Crippen molar-refractivity contribution in [3.63, 3.8) is 0 Å². The molecule has 0 N–H and O–H groups in total. The van der Waals surface area contributed by atoms with E-state index >= 15 is 0 Å². The SMILES string of the molecule is CCC(C)c1ccc(N(c2ccc(N(c3cccc(C)c3)c3cccc(C)c3)cc2)c2ccc3ccccc3c2)cc1. The Hall–Kier alpha value is -4.82. The molecule has 0 heterocycles. The lowest BCUT2D eigenvalue weighted by Gasteiger charge is -2.29. The molecule has 2 heteroatoms. The Labute approximate surface area is 250 Å². The maximum Gasteiger partial charge on any atom is 0.0468 e. The van der Waals surface area contributed by atoms with E-state index in [1.54, 1.807) is 0 Å². The fourth-order valence-corrected chi connectivity index (χ4v) is 5.68. The van der Waals surface area contributed by atoms with Crippen LogP contribution in [0.5, 0.6) is 0 Å². The second kappa shape index (κ2) is 12.0. The molecule has 6 rings (SSSR count). The molecule has 0 saturated heterocycles. The highest BCUT2D eigenvalue weighted by Gasteiger charge is 2.17. The van der Waals surface area contributed by atoms with Gasteiger partial charge >= 0.3 is 0 Å². The maximum atomic E-state index is 2.36. The zero-order valence-corrected chi connectivity index (χ0v) is 25.0. The average Bonchev–Trinajstić information content (AvgIpc) is 3.02. The summed E-state index contributed by atoms with van der Waals surface area (Å²) in [4.78, 5) is 4.70. The molecule has 0 aliphatic rings. The first kappa shape index (κ1) is 27.4. The van der Waals surface area contributed by atoms with E-state index in [4.69, 9.17) is 0 Å². The van der Waals surface area contributed by atoms with Crippen molar-refractivity contribution in [2.24, 2.45) is 0 Å². The summed E-state index contributed by atoms with van der Waals surface area (Å²) < 4.78 is 0. The summed E-state index contributed by atoms with van der Waals surface area (Å²) in [7, 11) is 0. The summed E-state index contributed by atoms with van der Waals surface area (Å²) in [6.07, 6.45) is 1.13. The van der Waals surface area contributed by atoms with Crippen LogP contribution in [-0.2, 0) is 0 Å². The van der Waals surface area contributed by atoms with Crippen LogP contribution in [0.1, 0.15) is 42.9 Å². The summed E-state index contributed by atoms with van der Waals surface area (Å²) in [5.74, 6) is 0.543. The molecule has 0 fully saturated rings. The summed E-state index contributed by atoms with van der Waals surface area (Å²) in [5.41, 5.74) is 10.7. The van der Waals surface area contributed by atoms with Gasteiger partial charge in [-0.15, -0.1) is 0 Å². The van der Waals surface area contributed by atoms with Gasteiger partial charge in [0.25, 0.3) is 0 Å². The van der Waals surface area contributed by atoms with Crippen LogP contribution in [0.2, 0.25) is 0 Å². The van der Waals surface area contributed by atoms with Gasteiger partial charge in [0, 0.05) is 34.1 Å². The van der Waals surface area contributed by atoms with Gasteiger partial charge in [0.2, 0.25) is 0 Å². The lowest BCUT2D eigenvalue weighted by atomic mass is 9.98. The van der Waals surface area contributed by atoms with Gasteiger partial charge in [0.05, 0.1) is 0 Å². The smallest absolute Gasteiger partial charge is 0.0468 e. The quantitative estimate of drug-likeness (QED) is 0.187. The third-order valence-electron chi connectivity index (χ3n) is 8.21. The molecular formula is C40H38N2. The van der Waals surface area contributed by atoms with Gasteiger partial charge in [-0.3, -0.25) is 0 Å². The van der Waals surface area contributed by atoms with E-state index in [2.05, 4.69) is 177 Å². The van der Waals surface area contributed by atoms with Gasteiger partial charge in [0.15, 0.2) is 0 Å². The molecule has 1 unspecified atom stereocenters. The van der Waals surface area contributed by atoms with Crippen LogP contribution in [0.4, 0.5) is 34.1 Å². The van der Waals surface area contributed by atoms with Crippen molar-refractivity contribution in [3.8, 4) is 0 Å². The Morgan fingerprint density at radius 3 is 1.43 bits per heavy atom. The molecule has 2 nitrogen and oxygen atoms in total. The first-order chi connectivity index (χ1) is 20.5. The van der Waals surface area contributed by atoms with Crippen molar-refractivity contribution in [2.45, 2.75) is 40.0 Å². The van der Waals surface area contributed by atoms with Crippen LogP contribution in [-0.4, -0.2) is 0 Å². The van der Waals surface area contributed by atoms with E-state index in [0.717, 1.165) is 40.5 Å². The zero-order chi connectivity index (χ0) is 29.1. The molecule has 0 aromatic heterocycles. The van der Waals surface area contributed by atoms with E-state index in [1.165, 1.54) is 27.5 Å². The molecule has 0 spiro atoms. The van der Waals surface area contributed by atoms with E-state index in [9.17, 15) is 0 Å². The van der Waals surface area contributed by atoms with Gasteiger partial charge in [-0.2, -0.15) is 0 Å². The van der Waals surface area contributed by atoms with Crippen LogP contribution in [0.25, 0.3) is 10.8 Å². The Kier molecular flexibility index (Phi) is 7.79. The summed E-state index contributed by atoms with van der Waals surface area (Å²) in [5, 5.41) is 2.48. The second-order valence-electron chi connectivity index (χ2n) is 11.3. The van der Waals surface area contributed by atoms with Crippen LogP contribution >= 0.6 is 0 Å². The molecule has 0 saturated carbocycles. The van der Waals surface area contributed by atoms with Crippen molar-refractivity contribution < 1.29 is 0 Å². The molecular weight excluding hydrogens is 508 g/mol. The van der Waals surface area contributed by atoms with E-state index in [-0.39, 0.29) is 0 Å². The Morgan fingerprint density at radius 1 is 0.452 bits per heavy atom. The molecule has 6 aromatic rings. The standard InChI is InChI=1S/C40H38N2/c1-5-31(4)32-16-19-35(20-17-32)41(40-21-18-33-12-6-7-13-34(33)28-40)36-22-24-37(25-23-36)42(38-14-8-10-29(2)26-38)39-15-9-11-30(3)27-39/h6-28,31H,5H2,1-4H3. The molecule has 6 aromatic carbocycles. The third-order valence-corrected chi connectivity index (χ3v) is 8.21. The van der Waals surface area contributed by atoms with Crippen LogP contribution in [0.15, 0.2) is 140 Å². The van der Waals surface area contributed by atoms with Crippen molar-refractivity contribution in [3.05, 3.63) is 156 Å². The van der Waals surface area contributed by atoms with Gasteiger partial charge in [0.1, 0.15) is 0 Å². The number of hydrogen-bond donors (Lipinski definition) is 0. The van der Waals surface area contributed by atoms with E-state index < -0.39 is 0 Å². The monoisotopic (exact) mass is 546 g/mol. The van der Waals surface area contributed by atoms with Crippen LogP contribution in [0, 0.1) is 13.8 Å². The minimum atomic E-state index is 0.543. The number of rotatable bonds is 8. The van der Waals surface area contributed by atoms with Crippen molar-refractivity contribution in [2.75, 3.05) is 9.80 Å². The average molecular weight is 547 g/mol. The third kappa shape index (κ3) is 5.66. The fraction of sp³-hybridized carbons (Fsp3) is 0.150. The van der Waals surface area contributed by atoms with Crippen molar-refractivity contribution >= 4 is 44.9 Å². The van der Waals surface area contributed by atoms with Gasteiger partial charge in [-0.1, -0.05) is 80.6 Å². The predicted octanol–water partition coefficient (Wildman–Crippen LogP) is 11.9. The summed E-state index contributed by atoms with van der Waals surface area (Å²) in [6.45, 7) is 8.84.